The minimum absolute atomic E-state index is 0.155. The molecule has 154 valence electrons. The third-order valence-corrected chi connectivity index (χ3v) is 6.69. The van der Waals surface area contributed by atoms with E-state index in [0.29, 0.717) is 12.8 Å². The lowest BCUT2D eigenvalue weighted by atomic mass is 9.51. The van der Waals surface area contributed by atoms with E-state index >= 15 is 0 Å². The maximum atomic E-state index is 12.4. The number of esters is 2. The number of carbonyl (C=O) groups is 3. The number of carbonyl (C=O) groups excluding carboxylic acids is 3. The monoisotopic (exact) mass is 394 g/mol. The van der Waals surface area contributed by atoms with E-state index in [0.717, 1.165) is 6.29 Å². The van der Waals surface area contributed by atoms with Crippen LogP contribution in [0.5, 0.6) is 0 Å². The fourth-order valence-electron chi connectivity index (χ4n) is 5.09. The van der Waals surface area contributed by atoms with E-state index in [9.17, 15) is 24.6 Å². The van der Waals surface area contributed by atoms with Gasteiger partial charge in [0.1, 0.15) is 24.6 Å². The van der Waals surface area contributed by atoms with Crippen molar-refractivity contribution in [1.82, 2.24) is 0 Å². The molecule has 8 heteroatoms. The average Bonchev–Trinajstić information content (AvgIpc) is 2.96. The second kappa shape index (κ2) is 7.42. The quantitative estimate of drug-likeness (QED) is 0.335. The van der Waals surface area contributed by atoms with Crippen molar-refractivity contribution in [2.75, 3.05) is 6.61 Å². The highest BCUT2D eigenvalue weighted by Crippen LogP contribution is 2.58. The molecule has 0 aromatic heterocycles. The summed E-state index contributed by atoms with van der Waals surface area (Å²) in [5.41, 5.74) is -0.961. The molecular weight excluding hydrogens is 368 g/mol. The number of fused-ring (bicyclic) bond motifs is 3. The number of rotatable bonds is 5. The molecule has 3 N–H and O–H groups in total. The predicted molar refractivity (Wildman–Crippen MR) is 95.6 cm³/mol. The number of ether oxygens (including phenoxy) is 2. The van der Waals surface area contributed by atoms with Crippen LogP contribution in [0.3, 0.4) is 0 Å². The number of hydrogen-bond donors (Lipinski definition) is 3. The zero-order chi connectivity index (χ0) is 20.8. The maximum Gasteiger partial charge on any atom is 0.336 e. The molecule has 0 spiro atoms. The largest absolute Gasteiger partial charge is 0.458 e. The standard InChI is InChI=1S/C20H26O8/c1-9(12(23)8-22)18(25)27-13-6-20(3)14(24)5-4-11(7-21)16(20)17-15(13)10(2)19(26)28-17/h7,11-17,22-24H,1-2,4-6,8H2,3H3/t11-,12+,13-,14+,15+,16-,17-,20-/m0/s1. The summed E-state index contributed by atoms with van der Waals surface area (Å²) >= 11 is 0. The molecule has 28 heavy (non-hydrogen) atoms. The Morgan fingerprint density at radius 2 is 2.14 bits per heavy atom. The molecular formula is C20H26O8. The molecule has 0 unspecified atom stereocenters. The minimum atomic E-state index is -1.46. The lowest BCUT2D eigenvalue weighted by Gasteiger charge is -2.55. The van der Waals surface area contributed by atoms with Gasteiger partial charge in [0.25, 0.3) is 0 Å². The van der Waals surface area contributed by atoms with Gasteiger partial charge in [0.2, 0.25) is 0 Å². The van der Waals surface area contributed by atoms with E-state index < -0.39 is 60.2 Å². The second-order valence-corrected chi connectivity index (χ2v) is 8.22. The summed E-state index contributed by atoms with van der Waals surface area (Å²) in [6.45, 7) is 8.35. The van der Waals surface area contributed by atoms with Gasteiger partial charge in [0, 0.05) is 22.8 Å². The van der Waals surface area contributed by atoms with Crippen LogP contribution in [0.2, 0.25) is 0 Å². The topological polar surface area (TPSA) is 130 Å². The SMILES string of the molecule is C=C1C(=O)O[C@H]2[C@H]1[C@@H](OC(=O)C(=C)[C@H](O)CO)C[C@]1(C)[C@H]2[C@H](C=O)CC[C@H]1O. The fraction of sp³-hybridized carbons (Fsp3) is 0.650. The van der Waals surface area contributed by atoms with E-state index in [4.69, 9.17) is 14.6 Å². The summed E-state index contributed by atoms with van der Waals surface area (Å²) in [5, 5.41) is 29.3. The summed E-state index contributed by atoms with van der Waals surface area (Å²) in [6.07, 6.45) is -1.85. The molecule has 1 aliphatic heterocycles. The Balaban J connectivity index is 1.95. The van der Waals surface area contributed by atoms with Crippen molar-refractivity contribution in [3.05, 3.63) is 24.3 Å². The molecule has 8 nitrogen and oxygen atoms in total. The molecule has 2 aliphatic carbocycles. The lowest BCUT2D eigenvalue weighted by molar-refractivity contribution is -0.195. The summed E-state index contributed by atoms with van der Waals surface area (Å²) in [5.74, 6) is -2.97. The van der Waals surface area contributed by atoms with Crippen LogP contribution in [0.15, 0.2) is 24.3 Å². The summed E-state index contributed by atoms with van der Waals surface area (Å²) < 4.78 is 11.1. The second-order valence-electron chi connectivity index (χ2n) is 8.22. The zero-order valence-corrected chi connectivity index (χ0v) is 15.7. The Morgan fingerprint density at radius 3 is 2.75 bits per heavy atom. The normalized spacial score (nSPS) is 40.7. The van der Waals surface area contributed by atoms with Crippen molar-refractivity contribution in [3.63, 3.8) is 0 Å². The van der Waals surface area contributed by atoms with Crippen molar-refractivity contribution < 1.29 is 39.2 Å². The van der Waals surface area contributed by atoms with Gasteiger partial charge >= 0.3 is 11.9 Å². The maximum absolute atomic E-state index is 12.4. The molecule has 0 aromatic carbocycles. The molecule has 2 saturated carbocycles. The minimum Gasteiger partial charge on any atom is -0.458 e. The number of aldehydes is 1. The van der Waals surface area contributed by atoms with Crippen molar-refractivity contribution in [1.29, 1.82) is 0 Å². The molecule has 8 atom stereocenters. The fourth-order valence-corrected chi connectivity index (χ4v) is 5.09. The summed E-state index contributed by atoms with van der Waals surface area (Å²) in [4.78, 5) is 36.3. The zero-order valence-electron chi connectivity index (χ0n) is 15.7. The molecule has 1 saturated heterocycles. The number of aliphatic hydroxyl groups excluding tert-OH is 3. The number of aliphatic hydroxyl groups is 3. The van der Waals surface area contributed by atoms with Crippen molar-refractivity contribution in [2.45, 2.75) is 50.6 Å². The highest BCUT2D eigenvalue weighted by molar-refractivity contribution is 5.92. The van der Waals surface area contributed by atoms with Gasteiger partial charge in [-0.05, 0) is 19.3 Å². The predicted octanol–water partition coefficient (Wildman–Crippen LogP) is -0.0986. The Labute approximate surface area is 162 Å². The van der Waals surface area contributed by atoms with Crippen LogP contribution in [0.1, 0.15) is 26.2 Å². The Morgan fingerprint density at radius 1 is 1.46 bits per heavy atom. The van der Waals surface area contributed by atoms with Crippen molar-refractivity contribution in [3.8, 4) is 0 Å². The highest BCUT2D eigenvalue weighted by Gasteiger charge is 2.63. The van der Waals surface area contributed by atoms with Crippen LogP contribution in [0.4, 0.5) is 0 Å². The van der Waals surface area contributed by atoms with E-state index in [-0.39, 0.29) is 23.5 Å². The van der Waals surface area contributed by atoms with Gasteiger partial charge < -0.3 is 29.6 Å². The number of hydrogen-bond acceptors (Lipinski definition) is 8. The van der Waals surface area contributed by atoms with Gasteiger partial charge in [-0.3, -0.25) is 0 Å². The van der Waals surface area contributed by atoms with Gasteiger partial charge in [-0.25, -0.2) is 9.59 Å². The first kappa shape index (κ1) is 20.7. The lowest BCUT2D eigenvalue weighted by Crippen LogP contribution is -2.60. The van der Waals surface area contributed by atoms with E-state index in [1.165, 1.54) is 0 Å². The summed E-state index contributed by atoms with van der Waals surface area (Å²) in [7, 11) is 0. The molecule has 3 fully saturated rings. The Bertz CT molecular complexity index is 715. The van der Waals surface area contributed by atoms with Crippen LogP contribution in [0, 0.1) is 23.2 Å². The summed E-state index contributed by atoms with van der Waals surface area (Å²) in [6, 6.07) is 0. The molecule has 0 aromatic rings. The van der Waals surface area contributed by atoms with E-state index in [1.807, 2.05) is 0 Å². The first-order valence-electron chi connectivity index (χ1n) is 9.37. The molecule has 0 amide bonds. The van der Waals surface area contributed by atoms with Gasteiger partial charge in [-0.1, -0.05) is 20.1 Å². The van der Waals surface area contributed by atoms with Crippen LogP contribution >= 0.6 is 0 Å². The van der Waals surface area contributed by atoms with Crippen LogP contribution in [0.25, 0.3) is 0 Å². The molecule has 3 rings (SSSR count). The van der Waals surface area contributed by atoms with Gasteiger partial charge in [-0.2, -0.15) is 0 Å². The van der Waals surface area contributed by atoms with Crippen molar-refractivity contribution >= 4 is 18.2 Å². The van der Waals surface area contributed by atoms with Gasteiger partial charge in [-0.15, -0.1) is 0 Å². The Hall–Kier alpha value is -2.03. The molecule has 3 aliphatic rings. The van der Waals surface area contributed by atoms with Crippen molar-refractivity contribution in [2.24, 2.45) is 23.2 Å². The van der Waals surface area contributed by atoms with Crippen LogP contribution in [-0.4, -0.2) is 64.6 Å². The van der Waals surface area contributed by atoms with Crippen LogP contribution < -0.4 is 0 Å². The van der Waals surface area contributed by atoms with Gasteiger partial charge in [0.15, 0.2) is 0 Å². The first-order valence-corrected chi connectivity index (χ1v) is 9.37. The highest BCUT2D eigenvalue weighted by atomic mass is 16.6. The van der Waals surface area contributed by atoms with E-state index in [2.05, 4.69) is 13.2 Å². The smallest absolute Gasteiger partial charge is 0.336 e. The third kappa shape index (κ3) is 3.09. The third-order valence-electron chi connectivity index (χ3n) is 6.69. The Kier molecular flexibility index (Phi) is 5.49. The van der Waals surface area contributed by atoms with Crippen LogP contribution in [-0.2, 0) is 23.9 Å². The molecule has 1 heterocycles. The first-order chi connectivity index (χ1) is 13.2. The molecule has 0 radical (unpaired) electrons. The molecule has 0 bridgehead atoms. The van der Waals surface area contributed by atoms with Gasteiger partial charge in [0.05, 0.1) is 24.2 Å². The van der Waals surface area contributed by atoms with E-state index in [1.54, 1.807) is 6.92 Å². The average molecular weight is 394 g/mol.